The second kappa shape index (κ2) is 4.77. The van der Waals surface area contributed by atoms with Crippen molar-refractivity contribution in [2.24, 2.45) is 0 Å². The summed E-state index contributed by atoms with van der Waals surface area (Å²) >= 11 is 0. The second-order valence-corrected chi connectivity index (χ2v) is 4.08. The van der Waals surface area contributed by atoms with Gasteiger partial charge in [-0.05, 0) is 13.8 Å². The maximum atomic E-state index is 12.5. The van der Waals surface area contributed by atoms with Crippen molar-refractivity contribution in [3.05, 3.63) is 0 Å². The minimum Gasteiger partial charge on any atom is -0.348 e. The van der Waals surface area contributed by atoms with E-state index in [1.165, 1.54) is 0 Å². The lowest BCUT2D eigenvalue weighted by Crippen LogP contribution is -2.47. The third kappa shape index (κ3) is 3.53. The molecule has 1 aliphatic heterocycles. The summed E-state index contributed by atoms with van der Waals surface area (Å²) in [6, 6.07) is 0. The topological polar surface area (TPSA) is 47.6 Å². The summed E-state index contributed by atoms with van der Waals surface area (Å²) < 4.78 is 59.0. The highest BCUT2D eigenvalue weighted by molar-refractivity contribution is 5.83. The molecule has 1 aliphatic rings. The zero-order valence-electron chi connectivity index (χ0n) is 9.31. The summed E-state index contributed by atoms with van der Waals surface area (Å²) in [4.78, 5) is 10.8. The molecule has 0 aromatic rings. The van der Waals surface area contributed by atoms with E-state index in [4.69, 9.17) is 9.47 Å². The fraction of sp³-hybridized carbons (Fsp3) is 0.889. The predicted octanol–water partition coefficient (Wildman–Crippen LogP) is 1.15. The second-order valence-electron chi connectivity index (χ2n) is 4.08. The molecule has 100 valence electrons. The number of rotatable bonds is 4. The molecule has 4 nitrogen and oxygen atoms in total. The molecule has 0 radical (unpaired) electrons. The van der Waals surface area contributed by atoms with E-state index in [1.54, 1.807) is 19.2 Å². The molecular weight excluding hydrogens is 246 g/mol. The summed E-state index contributed by atoms with van der Waals surface area (Å²) in [5.74, 6) is -7.56. The Bertz CT molecular complexity index is 296. The van der Waals surface area contributed by atoms with E-state index >= 15 is 0 Å². The van der Waals surface area contributed by atoms with Crippen molar-refractivity contribution in [2.75, 3.05) is 13.2 Å². The van der Waals surface area contributed by atoms with E-state index in [2.05, 4.69) is 0 Å². The maximum absolute atomic E-state index is 12.5. The SMILES string of the molecule is CC1(C)OCC(CNC(=O)C(F)(F)C(F)F)O1. The van der Waals surface area contributed by atoms with Gasteiger partial charge in [-0.25, -0.2) is 8.78 Å². The first-order valence-electron chi connectivity index (χ1n) is 4.91. The third-order valence-electron chi connectivity index (χ3n) is 2.13. The Morgan fingerprint density at radius 3 is 2.53 bits per heavy atom. The standard InChI is InChI=1S/C9H13F4NO3/c1-8(2)16-4-5(17-8)3-14-7(15)9(12,13)6(10)11/h5-6H,3-4H2,1-2H3,(H,14,15). The number of carbonyl (C=O) groups excluding carboxylic acids is 1. The zero-order chi connectivity index (χ0) is 13.3. The molecular formula is C9H13F4NO3. The van der Waals surface area contributed by atoms with Crippen molar-refractivity contribution in [3.63, 3.8) is 0 Å². The molecule has 1 fully saturated rings. The van der Waals surface area contributed by atoms with Gasteiger partial charge in [0.25, 0.3) is 5.91 Å². The van der Waals surface area contributed by atoms with Crippen LogP contribution in [0.5, 0.6) is 0 Å². The quantitative estimate of drug-likeness (QED) is 0.770. The van der Waals surface area contributed by atoms with Crippen LogP contribution >= 0.6 is 0 Å². The predicted molar refractivity (Wildman–Crippen MR) is 48.9 cm³/mol. The van der Waals surface area contributed by atoms with Gasteiger partial charge in [0.1, 0.15) is 6.10 Å². The fourth-order valence-electron chi connectivity index (χ4n) is 1.29. The lowest BCUT2D eigenvalue weighted by atomic mass is 10.3. The Labute approximate surface area is 95.3 Å². The number of carbonyl (C=O) groups is 1. The highest BCUT2D eigenvalue weighted by atomic mass is 19.3. The van der Waals surface area contributed by atoms with Crippen molar-refractivity contribution in [2.45, 2.75) is 38.1 Å². The molecule has 0 aromatic carbocycles. The molecule has 1 saturated heterocycles. The molecule has 8 heteroatoms. The van der Waals surface area contributed by atoms with Crippen LogP contribution in [0.25, 0.3) is 0 Å². The largest absolute Gasteiger partial charge is 0.383 e. The van der Waals surface area contributed by atoms with Crippen molar-refractivity contribution in [3.8, 4) is 0 Å². The lowest BCUT2D eigenvalue weighted by Gasteiger charge is -2.18. The van der Waals surface area contributed by atoms with Gasteiger partial charge in [0.2, 0.25) is 0 Å². The van der Waals surface area contributed by atoms with E-state index < -0.39 is 30.1 Å². The smallest absolute Gasteiger partial charge is 0.348 e. The van der Waals surface area contributed by atoms with Crippen molar-refractivity contribution in [1.29, 1.82) is 0 Å². The van der Waals surface area contributed by atoms with Crippen molar-refractivity contribution in [1.82, 2.24) is 5.32 Å². The first-order valence-corrected chi connectivity index (χ1v) is 4.91. The Hall–Kier alpha value is -0.890. The van der Waals surface area contributed by atoms with Gasteiger partial charge < -0.3 is 14.8 Å². The van der Waals surface area contributed by atoms with E-state index in [0.717, 1.165) is 0 Å². The van der Waals surface area contributed by atoms with E-state index in [-0.39, 0.29) is 13.2 Å². The Morgan fingerprint density at radius 1 is 1.53 bits per heavy atom. The number of hydrogen-bond acceptors (Lipinski definition) is 3. The van der Waals surface area contributed by atoms with Gasteiger partial charge in [-0.15, -0.1) is 0 Å². The van der Waals surface area contributed by atoms with Crippen LogP contribution in [0.4, 0.5) is 17.6 Å². The van der Waals surface area contributed by atoms with Gasteiger partial charge in [-0.1, -0.05) is 0 Å². The van der Waals surface area contributed by atoms with Crippen molar-refractivity contribution >= 4 is 5.91 Å². The van der Waals surface area contributed by atoms with Crippen LogP contribution in [0.15, 0.2) is 0 Å². The number of amides is 1. The fourth-order valence-corrected chi connectivity index (χ4v) is 1.29. The van der Waals surface area contributed by atoms with Crippen molar-refractivity contribution < 1.29 is 31.8 Å². The first kappa shape index (κ1) is 14.2. The van der Waals surface area contributed by atoms with E-state index in [1.807, 2.05) is 0 Å². The van der Waals surface area contributed by atoms with Crippen LogP contribution in [-0.4, -0.2) is 43.3 Å². The van der Waals surface area contributed by atoms with E-state index in [0.29, 0.717) is 0 Å². The van der Waals surface area contributed by atoms with E-state index in [9.17, 15) is 22.4 Å². The molecule has 0 aromatic heterocycles. The van der Waals surface area contributed by atoms with Gasteiger partial charge in [0.05, 0.1) is 6.61 Å². The van der Waals surface area contributed by atoms with Gasteiger partial charge in [0.15, 0.2) is 5.79 Å². The van der Waals surface area contributed by atoms with Gasteiger partial charge >= 0.3 is 12.3 Å². The summed E-state index contributed by atoms with van der Waals surface area (Å²) in [5, 5.41) is 1.71. The van der Waals surface area contributed by atoms with Crippen LogP contribution in [0, 0.1) is 0 Å². The highest BCUT2D eigenvalue weighted by Gasteiger charge is 2.49. The van der Waals surface area contributed by atoms with Crippen LogP contribution in [0.3, 0.4) is 0 Å². The average Bonchev–Trinajstić information content (AvgIpc) is 2.54. The van der Waals surface area contributed by atoms with Crippen LogP contribution in [0.2, 0.25) is 0 Å². The maximum Gasteiger partial charge on any atom is 0.383 e. The molecule has 0 saturated carbocycles. The van der Waals surface area contributed by atoms with Crippen LogP contribution in [-0.2, 0) is 14.3 Å². The number of nitrogens with one attached hydrogen (secondary N) is 1. The molecule has 1 atom stereocenters. The summed E-state index contributed by atoms with van der Waals surface area (Å²) in [7, 11) is 0. The number of alkyl halides is 4. The Balaban J connectivity index is 2.40. The molecule has 1 amide bonds. The first-order chi connectivity index (χ1) is 7.65. The monoisotopic (exact) mass is 259 g/mol. The number of ether oxygens (including phenoxy) is 2. The highest BCUT2D eigenvalue weighted by Crippen LogP contribution is 2.24. The molecule has 0 spiro atoms. The molecule has 0 aliphatic carbocycles. The molecule has 1 heterocycles. The Morgan fingerprint density at radius 2 is 2.12 bits per heavy atom. The molecule has 1 N–H and O–H groups in total. The third-order valence-corrected chi connectivity index (χ3v) is 2.13. The summed E-state index contributed by atoms with van der Waals surface area (Å²) in [6.07, 6.45) is -4.65. The summed E-state index contributed by atoms with van der Waals surface area (Å²) in [6.45, 7) is 3.03. The lowest BCUT2D eigenvalue weighted by molar-refractivity contribution is -0.170. The Kier molecular flexibility index (Phi) is 3.98. The molecule has 1 unspecified atom stereocenters. The molecule has 1 rings (SSSR count). The van der Waals surface area contributed by atoms with Crippen LogP contribution in [0.1, 0.15) is 13.8 Å². The number of hydrogen-bond donors (Lipinski definition) is 1. The minimum atomic E-state index is -4.69. The van der Waals surface area contributed by atoms with Crippen LogP contribution < -0.4 is 5.32 Å². The molecule has 17 heavy (non-hydrogen) atoms. The van der Waals surface area contributed by atoms with Gasteiger partial charge in [0, 0.05) is 6.54 Å². The number of halogens is 4. The normalized spacial score (nSPS) is 24.1. The summed E-state index contributed by atoms with van der Waals surface area (Å²) in [5.41, 5.74) is 0. The average molecular weight is 259 g/mol. The minimum absolute atomic E-state index is 0.105. The zero-order valence-corrected chi connectivity index (χ0v) is 9.31. The molecule has 0 bridgehead atoms. The van der Waals surface area contributed by atoms with Gasteiger partial charge in [-0.2, -0.15) is 8.78 Å². The van der Waals surface area contributed by atoms with Gasteiger partial charge in [-0.3, -0.25) is 4.79 Å².